The molecule has 0 radical (unpaired) electrons. The molecule has 0 N–H and O–H groups in total. The molecule has 0 fully saturated rings. The highest BCUT2D eigenvalue weighted by Crippen LogP contribution is 2.35. The molecule has 2 aromatic carbocycles. The summed E-state index contributed by atoms with van der Waals surface area (Å²) in [7, 11) is 0. The van der Waals surface area contributed by atoms with Gasteiger partial charge in [0.05, 0.1) is 0 Å². The Morgan fingerprint density at radius 2 is 1.24 bits per heavy atom. The molecule has 0 amide bonds. The van der Waals surface area contributed by atoms with Crippen LogP contribution >= 0.6 is 0 Å². The van der Waals surface area contributed by atoms with E-state index in [1.165, 1.54) is 27.8 Å². The van der Waals surface area contributed by atoms with Crippen LogP contribution in [0.4, 0.5) is 0 Å². The van der Waals surface area contributed by atoms with Gasteiger partial charge in [-0.3, -0.25) is 0 Å². The molecule has 0 unspecified atom stereocenters. The van der Waals surface area contributed by atoms with Gasteiger partial charge in [-0.2, -0.15) is 0 Å². The molecule has 0 aromatic heterocycles. The number of benzene rings is 2. The third-order valence-electron chi connectivity index (χ3n) is 4.09. The van der Waals surface area contributed by atoms with E-state index >= 15 is 0 Å². The Kier molecular flexibility index (Phi) is 4.02. The Bertz CT molecular complexity index is 634. The third kappa shape index (κ3) is 3.37. The topological polar surface area (TPSA) is 0 Å². The standard InChI is InChI=1S/C21H28/c1-15-12-13-16(14-19(15)21(5,6)7)17-10-8-9-11-18(17)20(2,3)4/h8-14H,1-7H3. The minimum Gasteiger partial charge on any atom is -0.0619 e. The molecule has 0 aliphatic carbocycles. The zero-order chi connectivity index (χ0) is 15.8. The van der Waals surface area contributed by atoms with Gasteiger partial charge in [0.25, 0.3) is 0 Å². The lowest BCUT2D eigenvalue weighted by Crippen LogP contribution is -2.14. The zero-order valence-electron chi connectivity index (χ0n) is 14.5. The molecule has 0 saturated heterocycles. The normalized spacial score (nSPS) is 12.5. The van der Waals surface area contributed by atoms with Crippen LogP contribution in [0.5, 0.6) is 0 Å². The molecule has 0 aliphatic rings. The van der Waals surface area contributed by atoms with Crippen LogP contribution in [-0.2, 0) is 10.8 Å². The van der Waals surface area contributed by atoms with Crippen molar-refractivity contribution in [2.24, 2.45) is 0 Å². The van der Waals surface area contributed by atoms with Crippen LogP contribution < -0.4 is 0 Å². The van der Waals surface area contributed by atoms with Crippen molar-refractivity contribution in [1.82, 2.24) is 0 Å². The van der Waals surface area contributed by atoms with Crippen LogP contribution in [0.25, 0.3) is 11.1 Å². The van der Waals surface area contributed by atoms with Gasteiger partial charge < -0.3 is 0 Å². The lowest BCUT2D eigenvalue weighted by atomic mass is 9.79. The van der Waals surface area contributed by atoms with Crippen molar-refractivity contribution in [3.63, 3.8) is 0 Å². The van der Waals surface area contributed by atoms with E-state index in [9.17, 15) is 0 Å². The lowest BCUT2D eigenvalue weighted by Gasteiger charge is -2.26. The Hall–Kier alpha value is -1.56. The lowest BCUT2D eigenvalue weighted by molar-refractivity contribution is 0.585. The summed E-state index contributed by atoms with van der Waals surface area (Å²) in [5, 5.41) is 0. The van der Waals surface area contributed by atoms with Crippen LogP contribution in [0.1, 0.15) is 58.2 Å². The van der Waals surface area contributed by atoms with E-state index in [1.807, 2.05) is 0 Å². The molecule has 0 aliphatic heterocycles. The van der Waals surface area contributed by atoms with Crippen molar-refractivity contribution in [3.8, 4) is 11.1 Å². The number of hydrogen-bond acceptors (Lipinski definition) is 0. The highest BCUT2D eigenvalue weighted by Gasteiger charge is 2.20. The van der Waals surface area contributed by atoms with Gasteiger partial charge in [0.2, 0.25) is 0 Å². The van der Waals surface area contributed by atoms with E-state index in [2.05, 4.69) is 90.9 Å². The van der Waals surface area contributed by atoms with Gasteiger partial charge in [0.15, 0.2) is 0 Å². The van der Waals surface area contributed by atoms with Crippen molar-refractivity contribution in [1.29, 1.82) is 0 Å². The first-order chi connectivity index (χ1) is 9.60. The summed E-state index contributed by atoms with van der Waals surface area (Å²) in [6.07, 6.45) is 0. The SMILES string of the molecule is Cc1ccc(-c2ccccc2C(C)(C)C)cc1C(C)(C)C. The Morgan fingerprint density at radius 1 is 0.667 bits per heavy atom. The van der Waals surface area contributed by atoms with Crippen molar-refractivity contribution in [2.75, 3.05) is 0 Å². The average molecular weight is 280 g/mol. The van der Waals surface area contributed by atoms with E-state index in [4.69, 9.17) is 0 Å². The molecule has 0 heteroatoms. The summed E-state index contributed by atoms with van der Waals surface area (Å²) >= 11 is 0. The zero-order valence-corrected chi connectivity index (χ0v) is 14.5. The minimum atomic E-state index is 0.156. The molecule has 0 atom stereocenters. The molecule has 0 nitrogen and oxygen atoms in total. The average Bonchev–Trinajstić information content (AvgIpc) is 2.37. The van der Waals surface area contributed by atoms with Crippen molar-refractivity contribution < 1.29 is 0 Å². The molecule has 2 rings (SSSR count). The van der Waals surface area contributed by atoms with Crippen LogP contribution in [0, 0.1) is 6.92 Å². The molecule has 0 saturated carbocycles. The molecule has 0 bridgehead atoms. The number of aryl methyl sites for hydroxylation is 1. The van der Waals surface area contributed by atoms with E-state index in [1.54, 1.807) is 0 Å². The van der Waals surface area contributed by atoms with Crippen LogP contribution in [-0.4, -0.2) is 0 Å². The summed E-state index contributed by atoms with van der Waals surface area (Å²) in [6, 6.07) is 15.7. The Morgan fingerprint density at radius 3 is 1.81 bits per heavy atom. The second kappa shape index (κ2) is 5.33. The predicted octanol–water partition coefficient (Wildman–Crippen LogP) is 6.26. The van der Waals surface area contributed by atoms with Gasteiger partial charge in [-0.15, -0.1) is 0 Å². The second-order valence-corrected chi connectivity index (χ2v) is 8.08. The van der Waals surface area contributed by atoms with Gasteiger partial charge in [0, 0.05) is 0 Å². The van der Waals surface area contributed by atoms with Crippen LogP contribution in [0.2, 0.25) is 0 Å². The van der Waals surface area contributed by atoms with Gasteiger partial charge >= 0.3 is 0 Å². The molecule has 0 spiro atoms. The number of rotatable bonds is 1. The Labute approximate surface area is 130 Å². The van der Waals surface area contributed by atoms with E-state index in [-0.39, 0.29) is 10.8 Å². The highest BCUT2D eigenvalue weighted by atomic mass is 14.2. The van der Waals surface area contributed by atoms with Crippen LogP contribution in [0.3, 0.4) is 0 Å². The predicted molar refractivity (Wildman–Crippen MR) is 94.0 cm³/mol. The monoisotopic (exact) mass is 280 g/mol. The second-order valence-electron chi connectivity index (χ2n) is 8.08. The third-order valence-corrected chi connectivity index (χ3v) is 4.09. The quantitative estimate of drug-likeness (QED) is 0.578. The smallest absolute Gasteiger partial charge is 0.0126 e. The maximum atomic E-state index is 2.37. The molecule has 0 heterocycles. The summed E-state index contributed by atoms with van der Waals surface area (Å²) in [4.78, 5) is 0. The van der Waals surface area contributed by atoms with Crippen molar-refractivity contribution in [2.45, 2.75) is 59.3 Å². The molecular weight excluding hydrogens is 252 g/mol. The van der Waals surface area contributed by atoms with Crippen LogP contribution in [0.15, 0.2) is 42.5 Å². The fraction of sp³-hybridized carbons (Fsp3) is 0.429. The summed E-state index contributed by atoms with van der Waals surface area (Å²) in [5.41, 5.74) is 7.24. The number of hydrogen-bond donors (Lipinski definition) is 0. The first-order valence-electron chi connectivity index (χ1n) is 7.82. The highest BCUT2D eigenvalue weighted by molar-refractivity contribution is 5.70. The summed E-state index contributed by atoms with van der Waals surface area (Å²) in [6.45, 7) is 15.9. The van der Waals surface area contributed by atoms with Crippen molar-refractivity contribution >= 4 is 0 Å². The van der Waals surface area contributed by atoms with Gasteiger partial charge in [-0.1, -0.05) is 84.0 Å². The maximum Gasteiger partial charge on any atom is -0.0126 e. The van der Waals surface area contributed by atoms with Gasteiger partial charge in [-0.25, -0.2) is 0 Å². The maximum absolute atomic E-state index is 2.37. The van der Waals surface area contributed by atoms with E-state index < -0.39 is 0 Å². The van der Waals surface area contributed by atoms with Crippen molar-refractivity contribution in [3.05, 3.63) is 59.2 Å². The molecular formula is C21H28. The first-order valence-corrected chi connectivity index (χ1v) is 7.82. The molecule has 112 valence electrons. The minimum absolute atomic E-state index is 0.156. The van der Waals surface area contributed by atoms with Gasteiger partial charge in [-0.05, 0) is 45.6 Å². The largest absolute Gasteiger partial charge is 0.0619 e. The van der Waals surface area contributed by atoms with E-state index in [0.29, 0.717) is 0 Å². The summed E-state index contributed by atoms with van der Waals surface area (Å²) < 4.78 is 0. The fourth-order valence-electron chi connectivity index (χ4n) is 2.99. The van der Waals surface area contributed by atoms with E-state index in [0.717, 1.165) is 0 Å². The summed E-state index contributed by atoms with van der Waals surface area (Å²) in [5.74, 6) is 0. The molecule has 2 aromatic rings. The fourth-order valence-corrected chi connectivity index (χ4v) is 2.99. The molecule has 21 heavy (non-hydrogen) atoms. The van der Waals surface area contributed by atoms with Gasteiger partial charge in [0.1, 0.15) is 0 Å². The first kappa shape index (κ1) is 15.8. The Balaban J connectivity index is 2.64.